The lowest BCUT2D eigenvalue weighted by atomic mass is 9.96. The molecule has 0 bridgehead atoms. The van der Waals surface area contributed by atoms with Crippen LogP contribution in [0.25, 0.3) is 0 Å². The van der Waals surface area contributed by atoms with E-state index in [1.54, 1.807) is 18.2 Å². The SMILES string of the molecule is O=C(N/N=C\c1ccccc1[N+](=O)[O-])c1n[nH]c2c1CCCC2. The van der Waals surface area contributed by atoms with Crippen molar-refractivity contribution in [1.82, 2.24) is 15.6 Å². The van der Waals surface area contributed by atoms with Crippen LogP contribution in [-0.2, 0) is 12.8 Å². The molecule has 0 aliphatic heterocycles. The first-order valence-electron chi connectivity index (χ1n) is 7.30. The van der Waals surface area contributed by atoms with Crippen molar-refractivity contribution < 1.29 is 9.72 Å². The van der Waals surface area contributed by atoms with Gasteiger partial charge in [-0.05, 0) is 31.7 Å². The molecule has 0 fully saturated rings. The molecule has 0 saturated heterocycles. The number of carbonyl (C=O) groups excluding carboxylic acids is 1. The zero-order valence-corrected chi connectivity index (χ0v) is 12.3. The van der Waals surface area contributed by atoms with E-state index in [-0.39, 0.29) is 5.69 Å². The summed E-state index contributed by atoms with van der Waals surface area (Å²) in [5.41, 5.74) is 4.92. The van der Waals surface area contributed by atoms with E-state index in [0.717, 1.165) is 36.9 Å². The minimum absolute atomic E-state index is 0.0670. The molecule has 0 spiro atoms. The molecule has 1 aromatic heterocycles. The molecule has 1 aliphatic rings. The number of para-hydroxylation sites is 1. The second kappa shape index (κ2) is 6.39. The summed E-state index contributed by atoms with van der Waals surface area (Å²) >= 11 is 0. The molecule has 1 amide bonds. The van der Waals surface area contributed by atoms with Gasteiger partial charge in [0.05, 0.1) is 16.7 Å². The summed E-state index contributed by atoms with van der Waals surface area (Å²) in [6.07, 6.45) is 5.10. The standard InChI is InChI=1S/C15H15N5O3/c21-15(14-11-6-2-3-7-12(11)17-18-14)19-16-9-10-5-1-4-8-13(10)20(22)23/h1,4-5,8-9H,2-3,6-7H2,(H,17,18)(H,19,21)/b16-9-. The van der Waals surface area contributed by atoms with Crippen LogP contribution in [0.3, 0.4) is 0 Å². The predicted molar refractivity (Wildman–Crippen MR) is 83.4 cm³/mol. The van der Waals surface area contributed by atoms with E-state index < -0.39 is 10.8 Å². The van der Waals surface area contributed by atoms with E-state index >= 15 is 0 Å². The Labute approximate surface area is 131 Å². The van der Waals surface area contributed by atoms with Gasteiger partial charge in [-0.3, -0.25) is 20.0 Å². The highest BCUT2D eigenvalue weighted by Crippen LogP contribution is 2.22. The van der Waals surface area contributed by atoms with Gasteiger partial charge in [-0.1, -0.05) is 12.1 Å². The third-order valence-electron chi connectivity index (χ3n) is 3.77. The highest BCUT2D eigenvalue weighted by Gasteiger charge is 2.21. The van der Waals surface area contributed by atoms with Crippen molar-refractivity contribution in [3.8, 4) is 0 Å². The van der Waals surface area contributed by atoms with E-state index in [0.29, 0.717) is 11.3 Å². The van der Waals surface area contributed by atoms with Gasteiger partial charge in [-0.15, -0.1) is 0 Å². The van der Waals surface area contributed by atoms with Gasteiger partial charge < -0.3 is 0 Å². The highest BCUT2D eigenvalue weighted by molar-refractivity contribution is 5.95. The molecule has 0 atom stereocenters. The van der Waals surface area contributed by atoms with Gasteiger partial charge in [0, 0.05) is 17.3 Å². The number of rotatable bonds is 4. The van der Waals surface area contributed by atoms with Crippen molar-refractivity contribution in [2.75, 3.05) is 0 Å². The maximum absolute atomic E-state index is 12.1. The van der Waals surface area contributed by atoms with Crippen molar-refractivity contribution in [2.24, 2.45) is 5.10 Å². The smallest absolute Gasteiger partial charge is 0.281 e. The van der Waals surface area contributed by atoms with Crippen LogP contribution in [0.5, 0.6) is 0 Å². The Hall–Kier alpha value is -3.03. The molecular weight excluding hydrogens is 298 g/mol. The van der Waals surface area contributed by atoms with Crippen molar-refractivity contribution >= 4 is 17.8 Å². The number of H-pyrrole nitrogens is 1. The molecule has 2 N–H and O–H groups in total. The molecule has 0 radical (unpaired) electrons. The van der Waals surface area contributed by atoms with Crippen LogP contribution in [0, 0.1) is 10.1 Å². The average Bonchev–Trinajstić information content (AvgIpc) is 2.99. The fourth-order valence-electron chi connectivity index (χ4n) is 2.65. The lowest BCUT2D eigenvalue weighted by Gasteiger charge is -2.10. The fourth-order valence-corrected chi connectivity index (χ4v) is 2.65. The minimum Gasteiger partial charge on any atom is -0.281 e. The molecule has 1 heterocycles. The molecule has 0 unspecified atom stereocenters. The summed E-state index contributed by atoms with van der Waals surface area (Å²) in [7, 11) is 0. The van der Waals surface area contributed by atoms with Gasteiger partial charge >= 0.3 is 0 Å². The van der Waals surface area contributed by atoms with Gasteiger partial charge in [0.25, 0.3) is 11.6 Å². The molecule has 8 heteroatoms. The van der Waals surface area contributed by atoms with Gasteiger partial charge in [0.1, 0.15) is 0 Å². The van der Waals surface area contributed by atoms with E-state index in [9.17, 15) is 14.9 Å². The number of hydrazone groups is 1. The van der Waals surface area contributed by atoms with Crippen LogP contribution < -0.4 is 5.43 Å². The van der Waals surface area contributed by atoms with E-state index in [2.05, 4.69) is 20.7 Å². The molecular formula is C15H15N5O3. The number of carbonyl (C=O) groups is 1. The zero-order chi connectivity index (χ0) is 16.2. The molecule has 118 valence electrons. The Morgan fingerprint density at radius 1 is 1.35 bits per heavy atom. The number of nitro benzene ring substituents is 1. The third-order valence-corrected chi connectivity index (χ3v) is 3.77. The Morgan fingerprint density at radius 3 is 2.96 bits per heavy atom. The Morgan fingerprint density at radius 2 is 2.13 bits per heavy atom. The number of benzene rings is 1. The third kappa shape index (κ3) is 3.10. The topological polar surface area (TPSA) is 113 Å². The number of fused-ring (bicyclic) bond motifs is 1. The second-order valence-electron chi connectivity index (χ2n) is 5.25. The van der Waals surface area contributed by atoms with E-state index in [1.165, 1.54) is 12.3 Å². The summed E-state index contributed by atoms with van der Waals surface area (Å²) in [4.78, 5) is 22.6. The van der Waals surface area contributed by atoms with Crippen LogP contribution in [0.2, 0.25) is 0 Å². The minimum atomic E-state index is -0.493. The number of amides is 1. The predicted octanol–water partition coefficient (Wildman–Crippen LogP) is 1.96. The molecule has 0 saturated carbocycles. The number of aromatic nitrogens is 2. The fraction of sp³-hybridized carbons (Fsp3) is 0.267. The maximum atomic E-state index is 12.1. The van der Waals surface area contributed by atoms with Crippen molar-refractivity contribution in [3.05, 3.63) is 56.9 Å². The molecule has 3 rings (SSSR count). The Balaban J connectivity index is 1.72. The van der Waals surface area contributed by atoms with Crippen molar-refractivity contribution in [3.63, 3.8) is 0 Å². The van der Waals surface area contributed by atoms with E-state index in [4.69, 9.17) is 0 Å². The maximum Gasteiger partial charge on any atom is 0.292 e. The average molecular weight is 313 g/mol. The molecule has 2 aromatic rings. The van der Waals surface area contributed by atoms with Gasteiger partial charge in [-0.25, -0.2) is 5.43 Å². The lowest BCUT2D eigenvalue weighted by Crippen LogP contribution is -2.20. The first-order valence-corrected chi connectivity index (χ1v) is 7.30. The van der Waals surface area contributed by atoms with Crippen molar-refractivity contribution in [2.45, 2.75) is 25.7 Å². The number of hydrogen-bond donors (Lipinski definition) is 2. The Bertz CT molecular complexity index is 781. The van der Waals surface area contributed by atoms with Gasteiger partial charge in [-0.2, -0.15) is 10.2 Å². The van der Waals surface area contributed by atoms with Crippen molar-refractivity contribution in [1.29, 1.82) is 0 Å². The first-order chi connectivity index (χ1) is 11.2. The largest absolute Gasteiger partial charge is 0.292 e. The van der Waals surface area contributed by atoms with Gasteiger partial charge in [0.2, 0.25) is 0 Å². The van der Waals surface area contributed by atoms with Gasteiger partial charge in [0.15, 0.2) is 5.69 Å². The molecule has 8 nitrogen and oxygen atoms in total. The Kier molecular flexibility index (Phi) is 4.13. The highest BCUT2D eigenvalue weighted by atomic mass is 16.6. The molecule has 1 aliphatic carbocycles. The summed E-state index contributed by atoms with van der Waals surface area (Å²) in [5, 5.41) is 21.7. The summed E-state index contributed by atoms with van der Waals surface area (Å²) in [6, 6.07) is 6.18. The first kappa shape index (κ1) is 14.9. The summed E-state index contributed by atoms with van der Waals surface area (Å²) < 4.78 is 0. The normalized spacial score (nSPS) is 13.7. The van der Waals surface area contributed by atoms with E-state index in [1.807, 2.05) is 0 Å². The molecule has 1 aromatic carbocycles. The summed E-state index contributed by atoms with van der Waals surface area (Å²) in [6.45, 7) is 0. The van der Waals surface area contributed by atoms with Crippen LogP contribution in [-0.4, -0.2) is 27.2 Å². The quantitative estimate of drug-likeness (QED) is 0.510. The van der Waals surface area contributed by atoms with Crippen LogP contribution in [0.1, 0.15) is 40.2 Å². The monoisotopic (exact) mass is 313 g/mol. The van der Waals surface area contributed by atoms with Crippen LogP contribution >= 0.6 is 0 Å². The van der Waals surface area contributed by atoms with Crippen LogP contribution in [0.4, 0.5) is 5.69 Å². The number of hydrogen-bond acceptors (Lipinski definition) is 5. The second-order valence-corrected chi connectivity index (χ2v) is 5.25. The lowest BCUT2D eigenvalue weighted by molar-refractivity contribution is -0.385. The zero-order valence-electron chi connectivity index (χ0n) is 12.3. The number of nitro groups is 1. The number of aryl methyl sites for hydroxylation is 1. The molecule has 23 heavy (non-hydrogen) atoms. The van der Waals surface area contributed by atoms with Crippen LogP contribution in [0.15, 0.2) is 29.4 Å². The number of nitrogens with one attached hydrogen (secondary N) is 2. The number of nitrogens with zero attached hydrogens (tertiary/aromatic N) is 3. The summed E-state index contributed by atoms with van der Waals surface area (Å²) in [5.74, 6) is -0.417. The number of aromatic amines is 1.